The third-order valence-corrected chi connectivity index (χ3v) is 4.56. The number of halogens is 2. The Balaban J connectivity index is 1.85. The van der Waals surface area contributed by atoms with Crippen LogP contribution < -0.4 is 10.1 Å². The van der Waals surface area contributed by atoms with Gasteiger partial charge in [0, 0.05) is 18.3 Å². The number of nitrogens with zero attached hydrogens (tertiary/aromatic N) is 1. The Bertz CT molecular complexity index is 599. The third kappa shape index (κ3) is 4.47. The number of carbonyl (C=O) groups is 1. The van der Waals surface area contributed by atoms with E-state index in [1.807, 2.05) is 12.3 Å². The molecule has 0 radical (unpaired) electrons. The largest absolute Gasteiger partial charge is 0.433 e. The number of ether oxygens (including phenoxy) is 1. The molecule has 2 heterocycles. The zero-order valence-corrected chi connectivity index (χ0v) is 12.9. The van der Waals surface area contributed by atoms with E-state index in [4.69, 9.17) is 0 Å². The van der Waals surface area contributed by atoms with Gasteiger partial charge in [0.05, 0.1) is 10.7 Å². The molecule has 1 N–H and O–H groups in total. The quantitative estimate of drug-likeness (QED) is 0.846. The van der Waals surface area contributed by atoms with E-state index in [1.54, 1.807) is 16.7 Å². The van der Waals surface area contributed by atoms with E-state index in [0.717, 1.165) is 28.5 Å². The molecule has 0 aliphatic heterocycles. The molecule has 2 rings (SSSR count). The highest BCUT2D eigenvalue weighted by atomic mass is 32.1. The van der Waals surface area contributed by atoms with Crippen molar-refractivity contribution in [2.75, 3.05) is 6.54 Å². The summed E-state index contributed by atoms with van der Waals surface area (Å²) in [4.78, 5) is 16.5. The van der Waals surface area contributed by atoms with E-state index in [2.05, 4.69) is 15.0 Å². The number of carbonyl (C=O) groups excluding carboxylic acids is 1. The van der Waals surface area contributed by atoms with Gasteiger partial charge in [-0.2, -0.15) is 8.78 Å². The maximum atomic E-state index is 12.2. The second-order valence-corrected chi connectivity index (χ2v) is 5.94. The SMILES string of the molecule is CCc1nc(CCNC(=O)c2sccc2OC(F)F)cs1. The Morgan fingerprint density at radius 3 is 2.95 bits per heavy atom. The summed E-state index contributed by atoms with van der Waals surface area (Å²) in [6.07, 6.45) is 1.50. The predicted molar refractivity (Wildman–Crippen MR) is 78.5 cm³/mol. The summed E-state index contributed by atoms with van der Waals surface area (Å²) in [5.41, 5.74) is 0.924. The minimum atomic E-state index is -2.94. The smallest absolute Gasteiger partial charge is 0.387 e. The second-order valence-electron chi connectivity index (χ2n) is 4.08. The van der Waals surface area contributed by atoms with Crippen LogP contribution in [0.4, 0.5) is 8.78 Å². The Morgan fingerprint density at radius 1 is 1.48 bits per heavy atom. The first kappa shape index (κ1) is 15.8. The molecular formula is C13H14F2N2O2S2. The van der Waals surface area contributed by atoms with Crippen molar-refractivity contribution in [2.45, 2.75) is 26.4 Å². The average molecular weight is 332 g/mol. The number of aromatic nitrogens is 1. The zero-order chi connectivity index (χ0) is 15.2. The molecule has 0 spiro atoms. The van der Waals surface area contributed by atoms with Crippen molar-refractivity contribution in [1.82, 2.24) is 10.3 Å². The van der Waals surface area contributed by atoms with Gasteiger partial charge in [-0.15, -0.1) is 22.7 Å². The molecule has 0 unspecified atom stereocenters. The van der Waals surface area contributed by atoms with Gasteiger partial charge in [0.25, 0.3) is 5.91 Å². The maximum Gasteiger partial charge on any atom is 0.387 e. The lowest BCUT2D eigenvalue weighted by molar-refractivity contribution is -0.0498. The molecule has 0 aromatic carbocycles. The van der Waals surface area contributed by atoms with Crippen LogP contribution in [0.3, 0.4) is 0 Å². The van der Waals surface area contributed by atoms with Gasteiger partial charge >= 0.3 is 6.61 Å². The van der Waals surface area contributed by atoms with Crippen LogP contribution in [0.5, 0.6) is 5.75 Å². The number of rotatable bonds is 7. The summed E-state index contributed by atoms with van der Waals surface area (Å²) in [7, 11) is 0. The minimum Gasteiger partial charge on any atom is -0.433 e. The van der Waals surface area contributed by atoms with Crippen molar-refractivity contribution >= 4 is 28.6 Å². The molecular weight excluding hydrogens is 318 g/mol. The summed E-state index contributed by atoms with van der Waals surface area (Å²) in [6.45, 7) is -0.502. The monoisotopic (exact) mass is 332 g/mol. The van der Waals surface area contributed by atoms with Crippen LogP contribution in [-0.2, 0) is 12.8 Å². The van der Waals surface area contributed by atoms with Gasteiger partial charge in [-0.05, 0) is 17.9 Å². The van der Waals surface area contributed by atoms with Gasteiger partial charge in [-0.1, -0.05) is 6.92 Å². The van der Waals surface area contributed by atoms with E-state index in [0.29, 0.717) is 13.0 Å². The van der Waals surface area contributed by atoms with Gasteiger partial charge in [-0.25, -0.2) is 4.98 Å². The van der Waals surface area contributed by atoms with Crippen molar-refractivity contribution in [3.63, 3.8) is 0 Å². The first-order valence-corrected chi connectivity index (χ1v) is 8.10. The molecule has 0 saturated carbocycles. The highest BCUT2D eigenvalue weighted by Gasteiger charge is 2.17. The lowest BCUT2D eigenvalue weighted by atomic mass is 10.3. The fourth-order valence-electron chi connectivity index (χ4n) is 1.66. The Kier molecular flexibility index (Phi) is 5.63. The fourth-order valence-corrected chi connectivity index (χ4v) is 3.18. The molecule has 0 saturated heterocycles. The Morgan fingerprint density at radius 2 is 2.29 bits per heavy atom. The van der Waals surface area contributed by atoms with Crippen LogP contribution >= 0.6 is 22.7 Å². The third-order valence-electron chi connectivity index (χ3n) is 2.62. The van der Waals surface area contributed by atoms with E-state index >= 15 is 0 Å². The van der Waals surface area contributed by atoms with Crippen LogP contribution in [0.2, 0.25) is 0 Å². The van der Waals surface area contributed by atoms with Crippen LogP contribution in [0.1, 0.15) is 27.3 Å². The van der Waals surface area contributed by atoms with Crippen molar-refractivity contribution in [3.8, 4) is 5.75 Å². The molecule has 114 valence electrons. The van der Waals surface area contributed by atoms with E-state index in [1.165, 1.54) is 6.07 Å². The van der Waals surface area contributed by atoms with Crippen LogP contribution in [0, 0.1) is 0 Å². The molecule has 0 aliphatic carbocycles. The Labute approximate surface area is 128 Å². The standard InChI is InChI=1S/C13H14F2N2O2S2/c1-2-10-17-8(7-21-10)3-5-16-12(18)11-9(4-6-20-11)19-13(14)15/h4,6-7,13H,2-3,5H2,1H3,(H,16,18). The normalized spacial score (nSPS) is 10.9. The summed E-state index contributed by atoms with van der Waals surface area (Å²) >= 11 is 2.66. The number of thiazole rings is 1. The van der Waals surface area contributed by atoms with Crippen LogP contribution in [-0.4, -0.2) is 24.0 Å². The number of amides is 1. The second kappa shape index (κ2) is 7.46. The van der Waals surface area contributed by atoms with Gasteiger partial charge in [0.15, 0.2) is 0 Å². The lowest BCUT2D eigenvalue weighted by Gasteiger charge is -2.06. The van der Waals surface area contributed by atoms with Crippen LogP contribution in [0.25, 0.3) is 0 Å². The van der Waals surface area contributed by atoms with Crippen molar-refractivity contribution in [2.24, 2.45) is 0 Å². The van der Waals surface area contributed by atoms with Crippen molar-refractivity contribution in [3.05, 3.63) is 32.4 Å². The fraction of sp³-hybridized carbons (Fsp3) is 0.385. The molecule has 1 amide bonds. The summed E-state index contributed by atoms with van der Waals surface area (Å²) in [5.74, 6) is -0.499. The highest BCUT2D eigenvalue weighted by Crippen LogP contribution is 2.26. The average Bonchev–Trinajstić information content (AvgIpc) is 3.07. The zero-order valence-electron chi connectivity index (χ0n) is 11.3. The molecule has 2 aromatic rings. The first-order chi connectivity index (χ1) is 10.1. The molecule has 0 bridgehead atoms. The topological polar surface area (TPSA) is 51.2 Å². The Hall–Kier alpha value is -1.54. The molecule has 0 fully saturated rings. The molecule has 0 aliphatic rings. The summed E-state index contributed by atoms with van der Waals surface area (Å²) in [5, 5.41) is 7.25. The number of nitrogens with one attached hydrogen (secondary N) is 1. The van der Waals surface area contributed by atoms with E-state index in [-0.39, 0.29) is 10.6 Å². The first-order valence-electron chi connectivity index (χ1n) is 6.34. The molecule has 0 atom stereocenters. The lowest BCUT2D eigenvalue weighted by Crippen LogP contribution is -2.25. The summed E-state index contributed by atoms with van der Waals surface area (Å²) in [6, 6.07) is 1.36. The van der Waals surface area contributed by atoms with Gasteiger partial charge in [-0.3, -0.25) is 4.79 Å². The maximum absolute atomic E-state index is 12.2. The van der Waals surface area contributed by atoms with Gasteiger partial charge in [0.2, 0.25) is 0 Å². The number of hydrogen-bond donors (Lipinski definition) is 1. The summed E-state index contributed by atoms with van der Waals surface area (Å²) < 4.78 is 28.7. The predicted octanol–water partition coefficient (Wildman–Crippen LogP) is 3.34. The van der Waals surface area contributed by atoms with Crippen molar-refractivity contribution in [1.29, 1.82) is 0 Å². The van der Waals surface area contributed by atoms with Crippen molar-refractivity contribution < 1.29 is 18.3 Å². The number of alkyl halides is 2. The molecule has 8 heteroatoms. The molecule has 2 aromatic heterocycles. The van der Waals surface area contributed by atoms with Crippen LogP contribution in [0.15, 0.2) is 16.8 Å². The van der Waals surface area contributed by atoms with E-state index < -0.39 is 12.5 Å². The number of aryl methyl sites for hydroxylation is 1. The number of hydrogen-bond acceptors (Lipinski definition) is 5. The molecule has 4 nitrogen and oxygen atoms in total. The van der Waals surface area contributed by atoms with Gasteiger partial charge < -0.3 is 10.1 Å². The minimum absolute atomic E-state index is 0.0885. The molecule has 21 heavy (non-hydrogen) atoms. The van der Waals surface area contributed by atoms with E-state index in [9.17, 15) is 13.6 Å². The van der Waals surface area contributed by atoms with Gasteiger partial charge in [0.1, 0.15) is 10.6 Å². The number of thiophene rings is 1. The highest BCUT2D eigenvalue weighted by molar-refractivity contribution is 7.12.